The maximum atomic E-state index is 12.3. The molecule has 1 aliphatic heterocycles. The lowest BCUT2D eigenvalue weighted by atomic mass is 9.92. The van der Waals surface area contributed by atoms with E-state index in [1.54, 1.807) is 0 Å². The second-order valence-corrected chi connectivity index (χ2v) is 7.43. The molecule has 0 radical (unpaired) electrons. The number of amides is 1. The summed E-state index contributed by atoms with van der Waals surface area (Å²) in [6.45, 7) is 3.02. The molecule has 0 aliphatic carbocycles. The Balaban J connectivity index is 2.10. The van der Waals surface area contributed by atoms with Crippen LogP contribution in [0.5, 0.6) is 0 Å². The van der Waals surface area contributed by atoms with Crippen LogP contribution in [0.4, 0.5) is 5.69 Å². The van der Waals surface area contributed by atoms with Crippen LogP contribution in [0.25, 0.3) is 0 Å². The monoisotopic (exact) mass is 452 g/mol. The van der Waals surface area contributed by atoms with E-state index in [-0.39, 0.29) is 11.8 Å². The van der Waals surface area contributed by atoms with Crippen molar-refractivity contribution in [3.05, 3.63) is 25.6 Å². The Morgan fingerprint density at radius 3 is 2.53 bits per heavy atom. The van der Waals surface area contributed by atoms with Crippen LogP contribution in [-0.2, 0) is 4.79 Å². The predicted octanol–water partition coefficient (Wildman–Crippen LogP) is 4.30. The smallest absolute Gasteiger partial charge is 0.227 e. The molecule has 19 heavy (non-hydrogen) atoms. The molecular formula is C13H15Br3N2O. The molecule has 1 aliphatic rings. The average Bonchev–Trinajstić information content (AvgIpc) is 2.33. The fourth-order valence-corrected chi connectivity index (χ4v) is 4.71. The zero-order valence-corrected chi connectivity index (χ0v) is 15.2. The summed E-state index contributed by atoms with van der Waals surface area (Å²) in [4.78, 5) is 12.3. The number of rotatable bonds is 2. The second kappa shape index (κ2) is 6.70. The van der Waals surface area contributed by atoms with Crippen molar-refractivity contribution in [1.82, 2.24) is 5.32 Å². The Kier molecular flexibility index (Phi) is 5.45. The fraction of sp³-hybridized carbons (Fsp3) is 0.462. The van der Waals surface area contributed by atoms with Gasteiger partial charge in [-0.25, -0.2) is 0 Å². The molecule has 1 saturated heterocycles. The van der Waals surface area contributed by atoms with Crippen molar-refractivity contribution >= 4 is 59.4 Å². The molecule has 1 fully saturated rings. The summed E-state index contributed by atoms with van der Waals surface area (Å²) in [6.07, 6.45) is 1.78. The van der Waals surface area contributed by atoms with Crippen LogP contribution in [0.15, 0.2) is 25.6 Å². The molecule has 2 rings (SSSR count). The van der Waals surface area contributed by atoms with Gasteiger partial charge in [0.1, 0.15) is 0 Å². The highest BCUT2D eigenvalue weighted by Gasteiger charge is 2.25. The summed E-state index contributed by atoms with van der Waals surface area (Å²) in [5.41, 5.74) is 0.791. The summed E-state index contributed by atoms with van der Waals surface area (Å²) in [5, 5.41) is 6.37. The fourth-order valence-electron chi connectivity index (χ4n) is 2.26. The van der Waals surface area contributed by atoms with Crippen LogP contribution in [-0.4, -0.2) is 18.5 Å². The van der Waals surface area contributed by atoms with Gasteiger partial charge in [0.25, 0.3) is 0 Å². The van der Waals surface area contributed by atoms with Crippen LogP contribution in [0.2, 0.25) is 0 Å². The zero-order valence-electron chi connectivity index (χ0n) is 10.5. The quantitative estimate of drug-likeness (QED) is 0.699. The topological polar surface area (TPSA) is 41.1 Å². The Bertz CT molecular complexity index is 470. The third kappa shape index (κ3) is 4.03. The highest BCUT2D eigenvalue weighted by atomic mass is 79.9. The maximum Gasteiger partial charge on any atom is 0.227 e. The minimum Gasteiger partial charge on any atom is -0.324 e. The number of hydrogen-bond acceptors (Lipinski definition) is 2. The molecule has 2 atom stereocenters. The van der Waals surface area contributed by atoms with Crippen molar-refractivity contribution in [3.8, 4) is 0 Å². The van der Waals surface area contributed by atoms with Gasteiger partial charge in [0.05, 0.1) is 5.69 Å². The summed E-state index contributed by atoms with van der Waals surface area (Å²) in [5.74, 6) is 0.177. The lowest BCUT2D eigenvalue weighted by Crippen LogP contribution is -2.40. The van der Waals surface area contributed by atoms with E-state index in [4.69, 9.17) is 0 Å². The lowest BCUT2D eigenvalue weighted by Gasteiger charge is -2.27. The minimum atomic E-state index is 0.0821. The number of hydrogen-bond donors (Lipinski definition) is 2. The molecule has 0 aromatic heterocycles. The van der Waals surface area contributed by atoms with E-state index in [2.05, 4.69) is 65.3 Å². The zero-order chi connectivity index (χ0) is 14.0. The normalized spacial score (nSPS) is 23.2. The molecule has 104 valence electrons. The minimum absolute atomic E-state index is 0.0821. The first-order valence-corrected chi connectivity index (χ1v) is 8.54. The predicted molar refractivity (Wildman–Crippen MR) is 88.4 cm³/mol. The van der Waals surface area contributed by atoms with Gasteiger partial charge in [-0.3, -0.25) is 4.79 Å². The standard InChI is InChI=1S/C13H15Br3N2O/c1-7-4-8(2-3-17-7)13(19)18-12-10(15)5-9(14)6-11(12)16/h5-8,17H,2-4H2,1H3,(H,18,19). The van der Waals surface area contributed by atoms with Gasteiger partial charge in [0, 0.05) is 25.4 Å². The molecule has 0 spiro atoms. The van der Waals surface area contributed by atoms with Gasteiger partial charge in [0.2, 0.25) is 5.91 Å². The number of nitrogens with one attached hydrogen (secondary N) is 2. The van der Waals surface area contributed by atoms with Crippen LogP contribution >= 0.6 is 47.8 Å². The lowest BCUT2D eigenvalue weighted by molar-refractivity contribution is -0.120. The molecule has 6 heteroatoms. The van der Waals surface area contributed by atoms with E-state index < -0.39 is 0 Å². The maximum absolute atomic E-state index is 12.3. The van der Waals surface area contributed by atoms with Crippen LogP contribution < -0.4 is 10.6 Å². The van der Waals surface area contributed by atoms with Gasteiger partial charge in [-0.1, -0.05) is 15.9 Å². The Labute approximate surface area is 138 Å². The first-order chi connectivity index (χ1) is 8.97. The highest BCUT2D eigenvalue weighted by Crippen LogP contribution is 2.35. The first-order valence-electron chi connectivity index (χ1n) is 6.16. The van der Waals surface area contributed by atoms with Gasteiger partial charge >= 0.3 is 0 Å². The number of anilines is 1. The third-order valence-electron chi connectivity index (χ3n) is 3.25. The van der Waals surface area contributed by atoms with Crippen molar-refractivity contribution in [2.24, 2.45) is 5.92 Å². The van der Waals surface area contributed by atoms with E-state index in [9.17, 15) is 4.79 Å². The van der Waals surface area contributed by atoms with E-state index in [0.29, 0.717) is 6.04 Å². The van der Waals surface area contributed by atoms with Crippen molar-refractivity contribution in [3.63, 3.8) is 0 Å². The number of benzene rings is 1. The Morgan fingerprint density at radius 2 is 1.95 bits per heavy atom. The van der Waals surface area contributed by atoms with Crippen LogP contribution in [0.1, 0.15) is 19.8 Å². The van der Waals surface area contributed by atoms with Gasteiger partial charge in [-0.05, 0) is 70.3 Å². The van der Waals surface area contributed by atoms with Gasteiger partial charge in [0.15, 0.2) is 0 Å². The van der Waals surface area contributed by atoms with Crippen molar-refractivity contribution in [2.75, 3.05) is 11.9 Å². The Morgan fingerprint density at radius 1 is 1.32 bits per heavy atom. The molecule has 0 bridgehead atoms. The summed E-state index contributed by atoms with van der Waals surface area (Å²) < 4.78 is 2.69. The number of carbonyl (C=O) groups excluding carboxylic acids is 1. The summed E-state index contributed by atoms with van der Waals surface area (Å²) in [6, 6.07) is 4.25. The first kappa shape index (κ1) is 15.5. The molecule has 1 amide bonds. The van der Waals surface area contributed by atoms with E-state index in [0.717, 1.165) is 38.5 Å². The molecule has 2 unspecified atom stereocenters. The summed E-state index contributed by atoms with van der Waals surface area (Å²) >= 11 is 10.4. The number of halogens is 3. The van der Waals surface area contributed by atoms with Gasteiger partial charge in [-0.15, -0.1) is 0 Å². The third-order valence-corrected chi connectivity index (χ3v) is 4.96. The van der Waals surface area contributed by atoms with Crippen molar-refractivity contribution in [1.29, 1.82) is 0 Å². The van der Waals surface area contributed by atoms with Crippen LogP contribution in [0, 0.1) is 5.92 Å². The highest BCUT2D eigenvalue weighted by molar-refractivity contribution is 9.11. The molecule has 1 heterocycles. The largest absolute Gasteiger partial charge is 0.324 e. The number of carbonyl (C=O) groups is 1. The molecule has 1 aromatic carbocycles. The van der Waals surface area contributed by atoms with Crippen molar-refractivity contribution in [2.45, 2.75) is 25.8 Å². The summed E-state index contributed by atoms with van der Waals surface area (Å²) in [7, 11) is 0. The molecular weight excluding hydrogens is 440 g/mol. The van der Waals surface area contributed by atoms with Crippen LogP contribution in [0.3, 0.4) is 0 Å². The SMILES string of the molecule is CC1CC(C(=O)Nc2c(Br)cc(Br)cc2Br)CCN1. The Hall–Kier alpha value is 0.0900. The van der Waals surface area contributed by atoms with Crippen molar-refractivity contribution < 1.29 is 4.79 Å². The average molecular weight is 455 g/mol. The van der Waals surface area contributed by atoms with E-state index in [1.807, 2.05) is 12.1 Å². The van der Waals surface area contributed by atoms with Gasteiger partial charge < -0.3 is 10.6 Å². The molecule has 0 saturated carbocycles. The molecule has 3 nitrogen and oxygen atoms in total. The molecule has 1 aromatic rings. The number of piperidine rings is 1. The molecule has 2 N–H and O–H groups in total. The van der Waals surface area contributed by atoms with E-state index in [1.165, 1.54) is 0 Å². The van der Waals surface area contributed by atoms with E-state index >= 15 is 0 Å². The van der Waals surface area contributed by atoms with Gasteiger partial charge in [-0.2, -0.15) is 0 Å². The second-order valence-electron chi connectivity index (χ2n) is 4.81.